The van der Waals surface area contributed by atoms with Gasteiger partial charge in [-0.15, -0.1) is 11.6 Å². The first kappa shape index (κ1) is 9.58. The minimum atomic E-state index is -0.596. The van der Waals surface area contributed by atoms with Gasteiger partial charge in [-0.05, 0) is 12.1 Å². The Kier molecular flexibility index (Phi) is 4.14. The molecule has 0 fully saturated rings. The number of halogens is 1. The second-order valence-electron chi connectivity index (χ2n) is 2.40. The number of hydrogen-bond acceptors (Lipinski definition) is 3. The first-order chi connectivity index (χ1) is 5.83. The molecule has 4 heteroatoms. The van der Waals surface area contributed by atoms with Crippen molar-refractivity contribution in [3.8, 4) is 0 Å². The van der Waals surface area contributed by atoms with Crippen LogP contribution in [0.2, 0.25) is 0 Å². The van der Waals surface area contributed by atoms with Crippen molar-refractivity contribution in [3.05, 3.63) is 24.2 Å². The van der Waals surface area contributed by atoms with E-state index in [-0.39, 0.29) is 12.5 Å². The van der Waals surface area contributed by atoms with Crippen LogP contribution >= 0.6 is 11.6 Å². The van der Waals surface area contributed by atoms with E-state index in [1.807, 2.05) is 6.07 Å². The molecule has 0 aliphatic carbocycles. The van der Waals surface area contributed by atoms with Gasteiger partial charge in [-0.1, -0.05) is 0 Å². The van der Waals surface area contributed by atoms with Crippen LogP contribution in [0.5, 0.6) is 0 Å². The zero-order chi connectivity index (χ0) is 8.81. The highest BCUT2D eigenvalue weighted by Crippen LogP contribution is 2.02. The van der Waals surface area contributed by atoms with Crippen LogP contribution in [0, 0.1) is 0 Å². The number of furan rings is 1. The molecule has 0 bridgehead atoms. The smallest absolute Gasteiger partial charge is 0.129 e. The number of rotatable bonds is 5. The van der Waals surface area contributed by atoms with Crippen LogP contribution in [-0.4, -0.2) is 23.7 Å². The van der Waals surface area contributed by atoms with Crippen molar-refractivity contribution in [2.45, 2.75) is 12.7 Å². The normalized spacial score (nSPS) is 13.2. The predicted octanol–water partition coefficient (Wildman–Crippen LogP) is 1.40. The molecule has 0 aromatic carbocycles. The van der Waals surface area contributed by atoms with Gasteiger partial charge in [-0.25, -0.2) is 0 Å². The topological polar surface area (TPSA) is 42.6 Å². The lowest BCUT2D eigenvalue weighted by Crippen LogP contribution is -2.16. The van der Waals surface area contributed by atoms with Crippen molar-refractivity contribution < 1.29 is 14.3 Å². The standard InChI is InChI=1S/C8H11ClO3/c9-4-7(10)5-11-6-8-2-1-3-12-8/h1-3,7,10H,4-6H2. The fraction of sp³-hybridized carbons (Fsp3) is 0.500. The molecule has 1 atom stereocenters. The minimum absolute atomic E-state index is 0.193. The Labute approximate surface area is 75.9 Å². The zero-order valence-corrected chi connectivity index (χ0v) is 7.33. The third-order valence-electron chi connectivity index (χ3n) is 1.31. The summed E-state index contributed by atoms with van der Waals surface area (Å²) in [4.78, 5) is 0. The second-order valence-corrected chi connectivity index (χ2v) is 2.71. The van der Waals surface area contributed by atoms with Gasteiger partial charge in [0.25, 0.3) is 0 Å². The average molecular weight is 191 g/mol. The molecule has 1 rings (SSSR count). The number of aliphatic hydroxyl groups excluding tert-OH is 1. The van der Waals surface area contributed by atoms with Crippen molar-refractivity contribution in [2.75, 3.05) is 12.5 Å². The first-order valence-electron chi connectivity index (χ1n) is 3.67. The second kappa shape index (κ2) is 5.19. The summed E-state index contributed by atoms with van der Waals surface area (Å²) in [5, 5.41) is 9.00. The lowest BCUT2D eigenvalue weighted by atomic mass is 10.4. The van der Waals surface area contributed by atoms with Crippen molar-refractivity contribution >= 4 is 11.6 Å². The molecule has 12 heavy (non-hydrogen) atoms. The Balaban J connectivity index is 2.11. The van der Waals surface area contributed by atoms with E-state index in [9.17, 15) is 0 Å². The van der Waals surface area contributed by atoms with E-state index >= 15 is 0 Å². The summed E-state index contributed by atoms with van der Waals surface area (Å²) in [5.41, 5.74) is 0. The lowest BCUT2D eigenvalue weighted by molar-refractivity contribution is 0.0323. The average Bonchev–Trinajstić information content (AvgIpc) is 2.57. The van der Waals surface area contributed by atoms with Gasteiger partial charge in [-0.3, -0.25) is 0 Å². The highest BCUT2D eigenvalue weighted by molar-refractivity contribution is 6.18. The Morgan fingerprint density at radius 2 is 2.50 bits per heavy atom. The molecule has 0 radical (unpaired) electrons. The Morgan fingerprint density at radius 3 is 3.08 bits per heavy atom. The van der Waals surface area contributed by atoms with Crippen LogP contribution in [0.4, 0.5) is 0 Å². The monoisotopic (exact) mass is 190 g/mol. The van der Waals surface area contributed by atoms with Gasteiger partial charge in [0.05, 0.1) is 24.9 Å². The van der Waals surface area contributed by atoms with Crippen LogP contribution in [0.15, 0.2) is 22.8 Å². The maximum atomic E-state index is 9.00. The lowest BCUT2D eigenvalue weighted by Gasteiger charge is -2.05. The molecule has 0 saturated carbocycles. The van der Waals surface area contributed by atoms with Crippen molar-refractivity contribution in [1.82, 2.24) is 0 Å². The van der Waals surface area contributed by atoms with Crippen LogP contribution in [0.1, 0.15) is 5.76 Å². The van der Waals surface area contributed by atoms with E-state index in [1.165, 1.54) is 0 Å². The summed E-state index contributed by atoms with van der Waals surface area (Å²) in [6.07, 6.45) is 0.984. The van der Waals surface area contributed by atoms with E-state index in [4.69, 9.17) is 25.9 Å². The molecule has 68 valence electrons. The van der Waals surface area contributed by atoms with Gasteiger partial charge in [0.15, 0.2) is 0 Å². The van der Waals surface area contributed by atoms with E-state index in [1.54, 1.807) is 12.3 Å². The van der Waals surface area contributed by atoms with Gasteiger partial charge < -0.3 is 14.3 Å². The Morgan fingerprint density at radius 1 is 1.67 bits per heavy atom. The van der Waals surface area contributed by atoms with Crippen LogP contribution in [-0.2, 0) is 11.3 Å². The molecular formula is C8H11ClO3. The van der Waals surface area contributed by atoms with Crippen LogP contribution < -0.4 is 0 Å². The van der Waals surface area contributed by atoms with E-state index in [0.29, 0.717) is 6.61 Å². The van der Waals surface area contributed by atoms with Gasteiger partial charge in [0.1, 0.15) is 12.4 Å². The number of alkyl halides is 1. The number of aliphatic hydroxyl groups is 1. The highest BCUT2D eigenvalue weighted by atomic mass is 35.5. The molecule has 1 aromatic heterocycles. The maximum Gasteiger partial charge on any atom is 0.129 e. The predicted molar refractivity (Wildman–Crippen MR) is 45.1 cm³/mol. The van der Waals surface area contributed by atoms with E-state index < -0.39 is 6.10 Å². The van der Waals surface area contributed by atoms with Gasteiger partial charge >= 0.3 is 0 Å². The highest BCUT2D eigenvalue weighted by Gasteiger charge is 2.02. The summed E-state index contributed by atoms with van der Waals surface area (Å²) in [6.45, 7) is 0.616. The van der Waals surface area contributed by atoms with E-state index in [2.05, 4.69) is 0 Å². The van der Waals surface area contributed by atoms with Crippen molar-refractivity contribution in [1.29, 1.82) is 0 Å². The minimum Gasteiger partial charge on any atom is -0.467 e. The van der Waals surface area contributed by atoms with Gasteiger partial charge in [0, 0.05) is 0 Å². The SMILES string of the molecule is OC(CCl)COCc1ccco1. The molecule has 3 nitrogen and oxygen atoms in total. The summed E-state index contributed by atoms with van der Waals surface area (Å²) >= 11 is 5.36. The quantitative estimate of drug-likeness (QED) is 0.714. The number of ether oxygens (including phenoxy) is 1. The van der Waals surface area contributed by atoms with Crippen LogP contribution in [0.25, 0.3) is 0 Å². The van der Waals surface area contributed by atoms with Gasteiger partial charge in [-0.2, -0.15) is 0 Å². The molecule has 1 N–H and O–H groups in total. The molecule has 0 saturated heterocycles. The van der Waals surface area contributed by atoms with Gasteiger partial charge in [0.2, 0.25) is 0 Å². The summed E-state index contributed by atoms with van der Waals surface area (Å²) in [7, 11) is 0. The largest absolute Gasteiger partial charge is 0.467 e. The summed E-state index contributed by atoms with van der Waals surface area (Å²) < 4.78 is 10.1. The van der Waals surface area contributed by atoms with E-state index in [0.717, 1.165) is 5.76 Å². The van der Waals surface area contributed by atoms with Crippen molar-refractivity contribution in [2.24, 2.45) is 0 Å². The Hall–Kier alpha value is -0.510. The fourth-order valence-electron chi connectivity index (χ4n) is 0.735. The molecule has 1 unspecified atom stereocenters. The molecule has 1 heterocycles. The molecule has 0 spiro atoms. The van der Waals surface area contributed by atoms with Crippen LogP contribution in [0.3, 0.4) is 0 Å². The first-order valence-corrected chi connectivity index (χ1v) is 4.20. The molecule has 1 aromatic rings. The molecule has 0 amide bonds. The maximum absolute atomic E-state index is 9.00. The van der Waals surface area contributed by atoms with Crippen molar-refractivity contribution in [3.63, 3.8) is 0 Å². The molecule has 0 aliphatic heterocycles. The third kappa shape index (κ3) is 3.26. The third-order valence-corrected chi connectivity index (χ3v) is 1.67. The molecular weight excluding hydrogens is 180 g/mol. The summed E-state index contributed by atoms with van der Waals surface area (Å²) in [5.74, 6) is 0.940. The summed E-state index contributed by atoms with van der Waals surface area (Å²) in [6, 6.07) is 3.60. The molecule has 0 aliphatic rings. The number of hydrogen-bond donors (Lipinski definition) is 1. The fourth-order valence-corrected chi connectivity index (χ4v) is 0.824. The zero-order valence-electron chi connectivity index (χ0n) is 6.57. The Bertz CT molecular complexity index is 198.